The van der Waals surface area contributed by atoms with Gasteiger partial charge in [0.25, 0.3) is 5.91 Å². The van der Waals surface area contributed by atoms with Crippen molar-refractivity contribution < 1.29 is 25.0 Å². The molecular formula is C10H19N3O5. The van der Waals surface area contributed by atoms with Crippen molar-refractivity contribution in [3.63, 3.8) is 0 Å². The maximum absolute atomic E-state index is 12.0. The zero-order valence-electron chi connectivity index (χ0n) is 10.3. The molecule has 0 bridgehead atoms. The summed E-state index contributed by atoms with van der Waals surface area (Å²) in [5, 5.41) is 27.7. The van der Waals surface area contributed by atoms with Gasteiger partial charge in [0.1, 0.15) is 12.1 Å². The van der Waals surface area contributed by atoms with Crippen LogP contribution in [-0.2, 0) is 9.59 Å². The van der Waals surface area contributed by atoms with Gasteiger partial charge in [0.15, 0.2) is 0 Å². The van der Waals surface area contributed by atoms with Gasteiger partial charge in [0.2, 0.25) is 5.91 Å². The van der Waals surface area contributed by atoms with E-state index >= 15 is 0 Å². The molecule has 1 heterocycles. The van der Waals surface area contributed by atoms with E-state index in [-0.39, 0.29) is 12.5 Å². The average molecular weight is 261 g/mol. The summed E-state index contributed by atoms with van der Waals surface area (Å²) in [7, 11) is 0. The van der Waals surface area contributed by atoms with E-state index < -0.39 is 36.1 Å². The van der Waals surface area contributed by atoms with Gasteiger partial charge in [-0.2, -0.15) is 0 Å². The van der Waals surface area contributed by atoms with Crippen molar-refractivity contribution in [3.8, 4) is 0 Å². The highest BCUT2D eigenvalue weighted by Crippen LogP contribution is 2.24. The molecule has 0 unspecified atom stereocenters. The standard InChI is InChI=1S/C10H19N3O5/c1-4-3-13(10(17)6(11)5(2)14)7(8(4)15)9(16)12-18/h4-8,14-15,18H,3,11H2,1-2H3,(H,12,16)/t4-,5+,6-,7-,8-/m0/s1. The zero-order valence-corrected chi connectivity index (χ0v) is 10.3. The van der Waals surface area contributed by atoms with Crippen LogP contribution in [-0.4, -0.2) is 63.0 Å². The Bertz CT molecular complexity index is 335. The lowest BCUT2D eigenvalue weighted by Gasteiger charge is -2.27. The van der Waals surface area contributed by atoms with Crippen LogP contribution >= 0.6 is 0 Å². The minimum atomic E-state index is -1.19. The van der Waals surface area contributed by atoms with Crippen LogP contribution in [0.2, 0.25) is 0 Å². The second-order valence-electron chi connectivity index (χ2n) is 4.65. The molecule has 2 amide bonds. The summed E-state index contributed by atoms with van der Waals surface area (Å²) in [5.74, 6) is -1.84. The molecule has 104 valence electrons. The predicted molar refractivity (Wildman–Crippen MR) is 60.3 cm³/mol. The van der Waals surface area contributed by atoms with Crippen LogP contribution in [0, 0.1) is 5.92 Å². The van der Waals surface area contributed by atoms with Crippen molar-refractivity contribution in [3.05, 3.63) is 0 Å². The van der Waals surface area contributed by atoms with Crippen molar-refractivity contribution in [1.29, 1.82) is 0 Å². The highest BCUT2D eigenvalue weighted by molar-refractivity contribution is 5.90. The first-order chi connectivity index (χ1) is 8.31. The summed E-state index contributed by atoms with van der Waals surface area (Å²) >= 11 is 0. The van der Waals surface area contributed by atoms with Crippen molar-refractivity contribution in [1.82, 2.24) is 10.4 Å². The van der Waals surface area contributed by atoms with E-state index in [0.29, 0.717) is 0 Å². The third-order valence-electron chi connectivity index (χ3n) is 3.19. The Morgan fingerprint density at radius 2 is 2.06 bits per heavy atom. The normalized spacial score (nSPS) is 31.0. The number of rotatable bonds is 3. The third-order valence-corrected chi connectivity index (χ3v) is 3.19. The van der Waals surface area contributed by atoms with Gasteiger partial charge < -0.3 is 20.8 Å². The Labute approximate surface area is 104 Å². The number of hydroxylamine groups is 1. The molecule has 1 aliphatic rings. The molecule has 0 aromatic rings. The van der Waals surface area contributed by atoms with Crippen LogP contribution in [0.1, 0.15) is 13.8 Å². The number of amides is 2. The summed E-state index contributed by atoms with van der Waals surface area (Å²) in [6.07, 6.45) is -2.15. The van der Waals surface area contributed by atoms with Gasteiger partial charge in [-0.05, 0) is 6.92 Å². The fourth-order valence-electron chi connectivity index (χ4n) is 2.02. The van der Waals surface area contributed by atoms with Gasteiger partial charge in [-0.25, -0.2) is 5.48 Å². The molecule has 1 aliphatic heterocycles. The molecule has 1 fully saturated rings. The van der Waals surface area contributed by atoms with Gasteiger partial charge >= 0.3 is 0 Å². The lowest BCUT2D eigenvalue weighted by atomic mass is 10.0. The zero-order chi connectivity index (χ0) is 14.0. The highest BCUT2D eigenvalue weighted by atomic mass is 16.5. The number of hydrogen-bond acceptors (Lipinski definition) is 6. The Hall–Kier alpha value is -1.22. The molecule has 18 heavy (non-hydrogen) atoms. The van der Waals surface area contributed by atoms with E-state index in [2.05, 4.69) is 0 Å². The minimum Gasteiger partial charge on any atom is -0.391 e. The second-order valence-corrected chi connectivity index (χ2v) is 4.65. The molecule has 0 aromatic heterocycles. The number of nitrogens with one attached hydrogen (secondary N) is 1. The quantitative estimate of drug-likeness (QED) is 0.279. The maximum atomic E-state index is 12.0. The highest BCUT2D eigenvalue weighted by Gasteiger charge is 2.46. The Balaban J connectivity index is 2.92. The topological polar surface area (TPSA) is 136 Å². The fourth-order valence-corrected chi connectivity index (χ4v) is 2.02. The lowest BCUT2D eigenvalue weighted by Crippen LogP contribution is -2.56. The van der Waals surface area contributed by atoms with Crippen LogP contribution in [0.25, 0.3) is 0 Å². The average Bonchev–Trinajstić information content (AvgIpc) is 2.63. The Morgan fingerprint density at radius 1 is 1.50 bits per heavy atom. The lowest BCUT2D eigenvalue weighted by molar-refractivity contribution is -0.146. The minimum absolute atomic E-state index is 0.137. The summed E-state index contributed by atoms with van der Waals surface area (Å²) < 4.78 is 0. The summed E-state index contributed by atoms with van der Waals surface area (Å²) in [6, 6.07) is -2.36. The van der Waals surface area contributed by atoms with E-state index in [0.717, 1.165) is 4.90 Å². The molecule has 0 aliphatic carbocycles. The van der Waals surface area contributed by atoms with Gasteiger partial charge in [-0.3, -0.25) is 14.8 Å². The molecule has 0 radical (unpaired) electrons. The van der Waals surface area contributed by atoms with E-state index in [9.17, 15) is 19.8 Å². The maximum Gasteiger partial charge on any atom is 0.268 e. The largest absolute Gasteiger partial charge is 0.391 e. The number of carbonyl (C=O) groups excluding carboxylic acids is 2. The molecule has 8 nitrogen and oxygen atoms in total. The molecule has 0 spiro atoms. The first-order valence-electron chi connectivity index (χ1n) is 5.67. The van der Waals surface area contributed by atoms with Crippen LogP contribution in [0.15, 0.2) is 0 Å². The van der Waals surface area contributed by atoms with Gasteiger partial charge in [-0.1, -0.05) is 6.92 Å². The van der Waals surface area contributed by atoms with Gasteiger partial charge in [-0.15, -0.1) is 0 Å². The molecular weight excluding hydrogens is 242 g/mol. The monoisotopic (exact) mass is 261 g/mol. The molecule has 1 saturated heterocycles. The first kappa shape index (κ1) is 14.8. The fraction of sp³-hybridized carbons (Fsp3) is 0.800. The molecule has 6 N–H and O–H groups in total. The summed E-state index contributed by atoms with van der Waals surface area (Å²) in [6.45, 7) is 3.17. The van der Waals surface area contributed by atoms with Crippen LogP contribution in [0.4, 0.5) is 0 Å². The molecule has 5 atom stereocenters. The Kier molecular flexibility index (Phi) is 4.63. The first-order valence-corrected chi connectivity index (χ1v) is 5.67. The van der Waals surface area contributed by atoms with Gasteiger partial charge in [0.05, 0.1) is 12.2 Å². The van der Waals surface area contributed by atoms with Crippen LogP contribution < -0.4 is 11.2 Å². The smallest absolute Gasteiger partial charge is 0.268 e. The number of nitrogens with two attached hydrogens (primary N) is 1. The van der Waals surface area contributed by atoms with Crippen molar-refractivity contribution in [2.75, 3.05) is 6.54 Å². The number of carbonyl (C=O) groups is 2. The second kappa shape index (κ2) is 5.61. The number of hydrogen-bond donors (Lipinski definition) is 5. The SMILES string of the molecule is C[C@@H](O)[C@H](N)C(=O)N1C[C@H](C)[C@H](O)[C@H]1C(=O)NO. The van der Waals surface area contributed by atoms with Gasteiger partial charge in [0, 0.05) is 12.5 Å². The molecule has 8 heteroatoms. The molecule has 1 rings (SSSR count). The van der Waals surface area contributed by atoms with Crippen LogP contribution in [0.5, 0.6) is 0 Å². The van der Waals surface area contributed by atoms with E-state index in [1.807, 2.05) is 0 Å². The van der Waals surface area contributed by atoms with E-state index in [1.165, 1.54) is 12.4 Å². The summed E-state index contributed by atoms with van der Waals surface area (Å²) in [5.41, 5.74) is 6.93. The van der Waals surface area contributed by atoms with E-state index in [4.69, 9.17) is 10.9 Å². The van der Waals surface area contributed by atoms with Crippen molar-refractivity contribution >= 4 is 11.8 Å². The number of likely N-dealkylation sites (tertiary alicyclic amines) is 1. The third kappa shape index (κ3) is 2.61. The number of aliphatic hydroxyl groups is 2. The predicted octanol–water partition coefficient (Wildman–Crippen LogP) is -2.59. The van der Waals surface area contributed by atoms with Crippen molar-refractivity contribution in [2.45, 2.75) is 38.1 Å². The molecule has 0 saturated carbocycles. The molecule has 0 aromatic carbocycles. The van der Waals surface area contributed by atoms with Crippen LogP contribution in [0.3, 0.4) is 0 Å². The number of aliphatic hydroxyl groups excluding tert-OH is 2. The Morgan fingerprint density at radius 3 is 2.50 bits per heavy atom. The number of nitrogens with zero attached hydrogens (tertiary/aromatic N) is 1. The summed E-state index contributed by atoms with van der Waals surface area (Å²) in [4.78, 5) is 24.5. The van der Waals surface area contributed by atoms with E-state index in [1.54, 1.807) is 6.92 Å². The van der Waals surface area contributed by atoms with Crippen molar-refractivity contribution in [2.24, 2.45) is 11.7 Å².